The number of amides is 1. The Kier molecular flexibility index (Phi) is 8.94. The van der Waals surface area contributed by atoms with Crippen molar-refractivity contribution in [2.45, 2.75) is 26.7 Å². The topological polar surface area (TPSA) is 65.8 Å². The van der Waals surface area contributed by atoms with Gasteiger partial charge in [0.1, 0.15) is 6.54 Å². The Morgan fingerprint density at radius 3 is 2.48 bits per heavy atom. The van der Waals surface area contributed by atoms with Crippen LogP contribution >= 0.6 is 24.0 Å². The number of hydrogen-bond donors (Lipinski definition) is 1. The molecule has 0 spiro atoms. The van der Waals surface area contributed by atoms with Gasteiger partial charge in [-0.3, -0.25) is 14.5 Å². The van der Waals surface area contributed by atoms with Crippen molar-refractivity contribution in [2.75, 3.05) is 37.6 Å². The molecule has 1 amide bonds. The van der Waals surface area contributed by atoms with Crippen molar-refractivity contribution in [2.24, 2.45) is 12.0 Å². The van der Waals surface area contributed by atoms with Gasteiger partial charge in [0.2, 0.25) is 5.91 Å². The number of carbonyl (C=O) groups is 1. The van der Waals surface area contributed by atoms with Crippen LogP contribution in [-0.4, -0.2) is 59.3 Å². The van der Waals surface area contributed by atoms with E-state index >= 15 is 0 Å². The molecule has 8 heteroatoms. The van der Waals surface area contributed by atoms with Crippen LogP contribution in [0.2, 0.25) is 0 Å². The molecule has 0 radical (unpaired) electrons. The van der Waals surface area contributed by atoms with E-state index in [0.29, 0.717) is 19.6 Å². The highest BCUT2D eigenvalue weighted by Gasteiger charge is 2.27. The number of nitrogens with zero attached hydrogens (tertiary/aromatic N) is 5. The molecule has 1 saturated heterocycles. The minimum atomic E-state index is 0. The molecule has 1 aromatic heterocycles. The van der Waals surface area contributed by atoms with Crippen LogP contribution in [0, 0.1) is 0 Å². The summed E-state index contributed by atoms with van der Waals surface area (Å²) in [5, 5.41) is 7.49. The van der Waals surface area contributed by atoms with Gasteiger partial charge in [0.25, 0.3) is 0 Å². The Labute approximate surface area is 190 Å². The fourth-order valence-corrected chi connectivity index (χ4v) is 3.33. The second-order valence-electron chi connectivity index (χ2n) is 6.99. The van der Waals surface area contributed by atoms with Crippen LogP contribution in [0.15, 0.2) is 41.7 Å². The van der Waals surface area contributed by atoms with E-state index in [4.69, 9.17) is 4.99 Å². The van der Waals surface area contributed by atoms with Gasteiger partial charge in [0.05, 0.1) is 11.9 Å². The SMILES string of the molecule is CCNC(=NCCc1ccc(CC)cc1)N1CCN(c2cnn(C)c2)C(=O)C1.I. The van der Waals surface area contributed by atoms with E-state index in [9.17, 15) is 4.79 Å². The molecule has 0 aliphatic carbocycles. The molecule has 29 heavy (non-hydrogen) atoms. The van der Waals surface area contributed by atoms with Gasteiger partial charge in [-0.15, -0.1) is 24.0 Å². The first-order valence-electron chi connectivity index (χ1n) is 10.0. The molecule has 158 valence electrons. The van der Waals surface area contributed by atoms with Crippen LogP contribution < -0.4 is 10.2 Å². The second kappa shape index (κ2) is 11.2. The van der Waals surface area contributed by atoms with Crippen LogP contribution in [-0.2, 0) is 24.7 Å². The number of nitrogens with one attached hydrogen (secondary N) is 1. The van der Waals surface area contributed by atoms with Gasteiger partial charge in [-0.05, 0) is 30.9 Å². The molecule has 0 atom stereocenters. The first-order valence-corrected chi connectivity index (χ1v) is 10.0. The van der Waals surface area contributed by atoms with Gasteiger partial charge in [-0.25, -0.2) is 0 Å². The average molecular weight is 510 g/mol. The highest BCUT2D eigenvalue weighted by Crippen LogP contribution is 2.16. The molecular weight excluding hydrogens is 479 g/mol. The molecule has 0 saturated carbocycles. The predicted octanol–water partition coefficient (Wildman–Crippen LogP) is 2.46. The second-order valence-corrected chi connectivity index (χ2v) is 6.99. The zero-order valence-corrected chi connectivity index (χ0v) is 19.8. The largest absolute Gasteiger partial charge is 0.357 e. The van der Waals surface area contributed by atoms with E-state index < -0.39 is 0 Å². The lowest BCUT2D eigenvalue weighted by Crippen LogP contribution is -2.55. The molecule has 3 rings (SSSR count). The molecule has 2 heterocycles. The predicted molar refractivity (Wildman–Crippen MR) is 128 cm³/mol. The third kappa shape index (κ3) is 6.19. The minimum Gasteiger partial charge on any atom is -0.357 e. The standard InChI is InChI=1S/C21H30N6O.HI/c1-4-17-6-8-18(9-7-17)10-11-23-21(22-5-2)26-12-13-27(20(28)16-26)19-14-24-25(3)15-19;/h6-9,14-15H,4-5,10-13,16H2,1-3H3,(H,22,23);1H. The van der Waals surface area contributed by atoms with Crippen LogP contribution in [0.25, 0.3) is 0 Å². The van der Waals surface area contributed by atoms with Gasteiger partial charge in [0, 0.05) is 39.4 Å². The highest BCUT2D eigenvalue weighted by molar-refractivity contribution is 14.0. The average Bonchev–Trinajstić information content (AvgIpc) is 3.13. The molecule has 1 N–H and O–H groups in total. The summed E-state index contributed by atoms with van der Waals surface area (Å²) in [6.07, 6.45) is 5.55. The fourth-order valence-electron chi connectivity index (χ4n) is 3.33. The fraction of sp³-hybridized carbons (Fsp3) is 0.476. The number of carbonyl (C=O) groups excluding carboxylic acids is 1. The van der Waals surface area contributed by atoms with E-state index in [1.54, 1.807) is 15.8 Å². The lowest BCUT2D eigenvalue weighted by Gasteiger charge is -2.35. The normalized spacial score (nSPS) is 14.7. The van der Waals surface area contributed by atoms with Crippen molar-refractivity contribution >= 4 is 41.5 Å². The Bertz CT molecular complexity index is 817. The van der Waals surface area contributed by atoms with E-state index in [2.05, 4.69) is 41.6 Å². The molecule has 1 aromatic carbocycles. The van der Waals surface area contributed by atoms with Gasteiger partial charge in [-0.1, -0.05) is 31.2 Å². The van der Waals surface area contributed by atoms with Crippen molar-refractivity contribution in [3.8, 4) is 0 Å². The number of benzene rings is 1. The number of halogens is 1. The van der Waals surface area contributed by atoms with E-state index in [1.165, 1.54) is 11.1 Å². The smallest absolute Gasteiger partial charge is 0.246 e. The summed E-state index contributed by atoms with van der Waals surface area (Å²) in [5.74, 6) is 0.881. The summed E-state index contributed by atoms with van der Waals surface area (Å²) in [6, 6.07) is 8.72. The number of hydrogen-bond acceptors (Lipinski definition) is 3. The molecule has 1 aliphatic rings. The molecule has 1 fully saturated rings. The van der Waals surface area contributed by atoms with Crippen LogP contribution in [0.1, 0.15) is 25.0 Å². The van der Waals surface area contributed by atoms with Crippen molar-refractivity contribution in [3.05, 3.63) is 47.8 Å². The highest BCUT2D eigenvalue weighted by atomic mass is 127. The lowest BCUT2D eigenvalue weighted by atomic mass is 10.1. The maximum absolute atomic E-state index is 12.6. The minimum absolute atomic E-state index is 0. The zero-order valence-electron chi connectivity index (χ0n) is 17.5. The summed E-state index contributed by atoms with van der Waals surface area (Å²) < 4.78 is 1.72. The van der Waals surface area contributed by atoms with Gasteiger partial charge in [-0.2, -0.15) is 5.10 Å². The summed E-state index contributed by atoms with van der Waals surface area (Å²) in [7, 11) is 1.86. The first-order chi connectivity index (χ1) is 13.6. The molecular formula is C21H31IN6O. The summed E-state index contributed by atoms with van der Waals surface area (Å²) in [6.45, 7) is 7.40. The number of piperazine rings is 1. The molecule has 2 aromatic rings. The summed E-state index contributed by atoms with van der Waals surface area (Å²) in [5.41, 5.74) is 3.49. The van der Waals surface area contributed by atoms with Crippen LogP contribution in [0.3, 0.4) is 0 Å². The van der Waals surface area contributed by atoms with Crippen molar-refractivity contribution in [3.63, 3.8) is 0 Å². The maximum Gasteiger partial charge on any atom is 0.246 e. The van der Waals surface area contributed by atoms with Crippen molar-refractivity contribution < 1.29 is 4.79 Å². The molecule has 0 bridgehead atoms. The third-order valence-electron chi connectivity index (χ3n) is 4.95. The maximum atomic E-state index is 12.6. The number of anilines is 1. The third-order valence-corrected chi connectivity index (χ3v) is 4.95. The molecule has 0 unspecified atom stereocenters. The van der Waals surface area contributed by atoms with E-state index in [-0.39, 0.29) is 29.9 Å². The monoisotopic (exact) mass is 510 g/mol. The Hall–Kier alpha value is -2.10. The number of guanidine groups is 1. The zero-order chi connectivity index (χ0) is 19.9. The number of aliphatic imine (C=N–C) groups is 1. The van der Waals surface area contributed by atoms with Gasteiger partial charge in [0.15, 0.2) is 5.96 Å². The Balaban J connectivity index is 0.00000300. The number of aryl methyl sites for hydroxylation is 2. The van der Waals surface area contributed by atoms with Gasteiger partial charge >= 0.3 is 0 Å². The molecule has 1 aliphatic heterocycles. The van der Waals surface area contributed by atoms with Crippen molar-refractivity contribution in [1.29, 1.82) is 0 Å². The number of aromatic nitrogens is 2. The van der Waals surface area contributed by atoms with E-state index in [1.807, 2.05) is 25.1 Å². The van der Waals surface area contributed by atoms with Crippen molar-refractivity contribution in [1.82, 2.24) is 20.0 Å². The van der Waals surface area contributed by atoms with E-state index in [0.717, 1.165) is 37.6 Å². The lowest BCUT2D eigenvalue weighted by molar-refractivity contribution is -0.120. The van der Waals surface area contributed by atoms with Gasteiger partial charge < -0.3 is 15.1 Å². The summed E-state index contributed by atoms with van der Waals surface area (Å²) >= 11 is 0. The Morgan fingerprint density at radius 1 is 1.17 bits per heavy atom. The number of rotatable bonds is 6. The quantitative estimate of drug-likeness (QED) is 0.369. The summed E-state index contributed by atoms with van der Waals surface area (Å²) in [4.78, 5) is 21.2. The van der Waals surface area contributed by atoms with Crippen LogP contribution in [0.4, 0.5) is 5.69 Å². The molecule has 7 nitrogen and oxygen atoms in total. The van der Waals surface area contributed by atoms with Crippen LogP contribution in [0.5, 0.6) is 0 Å². The Morgan fingerprint density at radius 2 is 1.90 bits per heavy atom. The first kappa shape index (κ1) is 23.2.